The number of amides is 1. The number of carbonyl (C=O) groups excluding carboxylic acids is 1. The lowest BCUT2D eigenvalue weighted by Gasteiger charge is -2.24. The van der Waals surface area contributed by atoms with Crippen LogP contribution in [0.25, 0.3) is 0 Å². The van der Waals surface area contributed by atoms with Crippen LogP contribution in [0.15, 0.2) is 42.7 Å². The highest BCUT2D eigenvalue weighted by molar-refractivity contribution is 5.87. The van der Waals surface area contributed by atoms with Crippen LogP contribution >= 0.6 is 0 Å². The Morgan fingerprint density at radius 2 is 2.00 bits per heavy atom. The van der Waals surface area contributed by atoms with Crippen LogP contribution in [0.3, 0.4) is 0 Å². The zero-order valence-electron chi connectivity index (χ0n) is 11.6. The molecular formula is C15H19N3O. The lowest BCUT2D eigenvalue weighted by Crippen LogP contribution is -2.40. The summed E-state index contributed by atoms with van der Waals surface area (Å²) in [4.78, 5) is 16.5. The Kier molecular flexibility index (Phi) is 3.69. The number of rotatable bonds is 4. The molecule has 0 radical (unpaired) electrons. The van der Waals surface area contributed by atoms with Crippen molar-refractivity contribution in [2.24, 2.45) is 7.05 Å². The number of nitrogens with one attached hydrogen (secondary N) is 1. The summed E-state index contributed by atoms with van der Waals surface area (Å²) in [5.74, 6) is 0.846. The molecular weight excluding hydrogens is 238 g/mol. The summed E-state index contributed by atoms with van der Waals surface area (Å²) in [5.41, 5.74) is 0.458. The molecule has 0 bridgehead atoms. The SMILES string of the molecule is Cn1ccnc1CNC(=O)C(C)(C)c1ccccc1. The standard InChI is InChI=1S/C15H19N3O/c1-15(2,12-7-5-4-6-8-12)14(19)17-11-13-16-9-10-18(13)3/h4-10H,11H2,1-3H3,(H,17,19). The van der Waals surface area contributed by atoms with E-state index in [1.54, 1.807) is 6.20 Å². The topological polar surface area (TPSA) is 46.9 Å². The van der Waals surface area contributed by atoms with Gasteiger partial charge in [-0.2, -0.15) is 0 Å². The van der Waals surface area contributed by atoms with Gasteiger partial charge in [0.15, 0.2) is 0 Å². The van der Waals surface area contributed by atoms with E-state index in [9.17, 15) is 4.79 Å². The van der Waals surface area contributed by atoms with E-state index < -0.39 is 5.41 Å². The molecule has 1 heterocycles. The highest BCUT2D eigenvalue weighted by Crippen LogP contribution is 2.22. The smallest absolute Gasteiger partial charge is 0.230 e. The summed E-state index contributed by atoms with van der Waals surface area (Å²) in [6.07, 6.45) is 3.59. The van der Waals surface area contributed by atoms with Crippen molar-refractivity contribution in [1.82, 2.24) is 14.9 Å². The number of aromatic nitrogens is 2. The van der Waals surface area contributed by atoms with Gasteiger partial charge in [-0.05, 0) is 19.4 Å². The quantitative estimate of drug-likeness (QED) is 0.910. The van der Waals surface area contributed by atoms with Crippen molar-refractivity contribution >= 4 is 5.91 Å². The lowest BCUT2D eigenvalue weighted by atomic mass is 9.84. The molecule has 4 heteroatoms. The van der Waals surface area contributed by atoms with Crippen LogP contribution in [0.1, 0.15) is 25.2 Å². The Morgan fingerprint density at radius 3 is 2.58 bits per heavy atom. The Labute approximate surface area is 113 Å². The van der Waals surface area contributed by atoms with Gasteiger partial charge in [-0.3, -0.25) is 4.79 Å². The first-order chi connectivity index (χ1) is 9.01. The maximum Gasteiger partial charge on any atom is 0.230 e. The minimum atomic E-state index is -0.549. The number of nitrogens with zero attached hydrogens (tertiary/aromatic N) is 2. The second kappa shape index (κ2) is 5.26. The largest absolute Gasteiger partial charge is 0.348 e. The average molecular weight is 257 g/mol. The average Bonchev–Trinajstić information content (AvgIpc) is 2.82. The van der Waals surface area contributed by atoms with Crippen LogP contribution in [0.4, 0.5) is 0 Å². The van der Waals surface area contributed by atoms with E-state index in [-0.39, 0.29) is 5.91 Å². The molecule has 4 nitrogen and oxygen atoms in total. The van der Waals surface area contributed by atoms with E-state index in [1.807, 2.05) is 62.0 Å². The predicted octanol–water partition coefficient (Wildman–Crippen LogP) is 2.01. The molecule has 2 rings (SSSR count). The number of benzene rings is 1. The van der Waals surface area contributed by atoms with Crippen molar-refractivity contribution in [1.29, 1.82) is 0 Å². The third-order valence-corrected chi connectivity index (χ3v) is 3.39. The van der Waals surface area contributed by atoms with E-state index in [4.69, 9.17) is 0 Å². The summed E-state index contributed by atoms with van der Waals surface area (Å²) in [6.45, 7) is 4.30. The number of hydrogen-bond acceptors (Lipinski definition) is 2. The summed E-state index contributed by atoms with van der Waals surface area (Å²) in [5, 5.41) is 2.94. The first-order valence-electron chi connectivity index (χ1n) is 6.32. The first-order valence-corrected chi connectivity index (χ1v) is 6.32. The fourth-order valence-electron chi connectivity index (χ4n) is 1.93. The molecule has 0 unspecified atom stereocenters. The minimum absolute atomic E-state index is 0.00157. The monoisotopic (exact) mass is 257 g/mol. The molecule has 0 fully saturated rings. The molecule has 0 spiro atoms. The van der Waals surface area contributed by atoms with Crippen LogP contribution in [0, 0.1) is 0 Å². The van der Waals surface area contributed by atoms with Crippen LogP contribution in [0.2, 0.25) is 0 Å². The van der Waals surface area contributed by atoms with Gasteiger partial charge < -0.3 is 9.88 Å². The van der Waals surface area contributed by atoms with Gasteiger partial charge in [0.05, 0.1) is 12.0 Å². The molecule has 1 aromatic heterocycles. The van der Waals surface area contributed by atoms with Crippen molar-refractivity contribution in [3.8, 4) is 0 Å². The van der Waals surface area contributed by atoms with Gasteiger partial charge in [0.25, 0.3) is 0 Å². The van der Waals surface area contributed by atoms with Gasteiger partial charge in [0.2, 0.25) is 5.91 Å². The maximum absolute atomic E-state index is 12.3. The third kappa shape index (κ3) is 2.84. The second-order valence-corrected chi connectivity index (χ2v) is 5.13. The van der Waals surface area contributed by atoms with Crippen molar-refractivity contribution in [2.75, 3.05) is 0 Å². The molecule has 0 atom stereocenters. The first kappa shape index (κ1) is 13.3. The molecule has 0 aliphatic rings. The maximum atomic E-state index is 12.3. The number of aryl methyl sites for hydroxylation is 1. The van der Waals surface area contributed by atoms with Crippen LogP contribution in [-0.2, 0) is 23.8 Å². The van der Waals surface area contributed by atoms with E-state index >= 15 is 0 Å². The third-order valence-electron chi connectivity index (χ3n) is 3.39. The van der Waals surface area contributed by atoms with E-state index in [0.29, 0.717) is 6.54 Å². The van der Waals surface area contributed by atoms with Gasteiger partial charge in [-0.25, -0.2) is 4.98 Å². The van der Waals surface area contributed by atoms with E-state index in [1.165, 1.54) is 0 Å². The van der Waals surface area contributed by atoms with Gasteiger partial charge in [-0.15, -0.1) is 0 Å². The summed E-state index contributed by atoms with van der Waals surface area (Å²) >= 11 is 0. The van der Waals surface area contributed by atoms with Crippen molar-refractivity contribution in [2.45, 2.75) is 25.8 Å². The number of imidazole rings is 1. The van der Waals surface area contributed by atoms with Gasteiger partial charge in [0.1, 0.15) is 5.82 Å². The molecule has 1 N–H and O–H groups in total. The molecule has 0 saturated carbocycles. The highest BCUT2D eigenvalue weighted by Gasteiger charge is 2.29. The molecule has 1 aromatic carbocycles. The van der Waals surface area contributed by atoms with Crippen LogP contribution < -0.4 is 5.32 Å². The molecule has 19 heavy (non-hydrogen) atoms. The molecule has 0 aliphatic carbocycles. The number of carbonyl (C=O) groups is 1. The van der Waals surface area contributed by atoms with Crippen LogP contribution in [-0.4, -0.2) is 15.5 Å². The van der Waals surface area contributed by atoms with Gasteiger partial charge in [0, 0.05) is 19.4 Å². The van der Waals surface area contributed by atoms with Crippen LogP contribution in [0.5, 0.6) is 0 Å². The second-order valence-electron chi connectivity index (χ2n) is 5.13. The normalized spacial score (nSPS) is 11.3. The van der Waals surface area contributed by atoms with Crippen molar-refractivity contribution in [3.05, 3.63) is 54.1 Å². The van der Waals surface area contributed by atoms with Crippen molar-refractivity contribution < 1.29 is 4.79 Å². The van der Waals surface area contributed by atoms with Crippen molar-refractivity contribution in [3.63, 3.8) is 0 Å². The molecule has 100 valence electrons. The zero-order valence-corrected chi connectivity index (χ0v) is 11.6. The summed E-state index contributed by atoms with van der Waals surface area (Å²) in [6, 6.07) is 9.79. The Balaban J connectivity index is 2.05. The Hall–Kier alpha value is -2.10. The fourth-order valence-corrected chi connectivity index (χ4v) is 1.93. The molecule has 0 saturated heterocycles. The summed E-state index contributed by atoms with van der Waals surface area (Å²) < 4.78 is 1.90. The van der Waals surface area contributed by atoms with Gasteiger partial charge >= 0.3 is 0 Å². The minimum Gasteiger partial charge on any atom is -0.348 e. The van der Waals surface area contributed by atoms with E-state index in [0.717, 1.165) is 11.4 Å². The molecule has 1 amide bonds. The lowest BCUT2D eigenvalue weighted by molar-refractivity contribution is -0.125. The summed E-state index contributed by atoms with van der Waals surface area (Å²) in [7, 11) is 1.91. The fraction of sp³-hybridized carbons (Fsp3) is 0.333. The zero-order chi connectivity index (χ0) is 13.9. The molecule has 2 aromatic rings. The Morgan fingerprint density at radius 1 is 1.32 bits per heavy atom. The molecule has 0 aliphatic heterocycles. The van der Waals surface area contributed by atoms with E-state index in [2.05, 4.69) is 10.3 Å². The van der Waals surface area contributed by atoms with Gasteiger partial charge in [-0.1, -0.05) is 30.3 Å². The Bertz CT molecular complexity index is 558. The number of hydrogen-bond donors (Lipinski definition) is 1. The predicted molar refractivity (Wildman–Crippen MR) is 74.5 cm³/mol. The highest BCUT2D eigenvalue weighted by atomic mass is 16.2.